The second kappa shape index (κ2) is 6.50. The number of halogens is 2. The summed E-state index contributed by atoms with van der Waals surface area (Å²) in [6.45, 7) is 0.573. The average Bonchev–Trinajstić information content (AvgIpc) is 2.43. The zero-order chi connectivity index (χ0) is 14.5. The van der Waals surface area contributed by atoms with Crippen molar-refractivity contribution in [2.45, 2.75) is 6.54 Å². The SMILES string of the molecule is NC(=NO)c1cccc(CNc2cc(Cl)cc(Cl)c2)c1. The van der Waals surface area contributed by atoms with E-state index >= 15 is 0 Å². The van der Waals surface area contributed by atoms with E-state index < -0.39 is 0 Å². The van der Waals surface area contributed by atoms with Gasteiger partial charge in [-0.25, -0.2) is 0 Å². The summed E-state index contributed by atoms with van der Waals surface area (Å²) in [6.07, 6.45) is 0. The first-order valence-corrected chi connectivity index (χ1v) is 6.61. The van der Waals surface area contributed by atoms with Gasteiger partial charge in [0.25, 0.3) is 0 Å². The largest absolute Gasteiger partial charge is 0.409 e. The van der Waals surface area contributed by atoms with Gasteiger partial charge in [0.1, 0.15) is 0 Å². The van der Waals surface area contributed by atoms with Gasteiger partial charge in [-0.05, 0) is 29.8 Å². The maximum atomic E-state index is 8.67. The molecular formula is C14H13Cl2N3O. The van der Waals surface area contributed by atoms with Crippen molar-refractivity contribution in [2.75, 3.05) is 5.32 Å². The molecule has 4 nitrogen and oxygen atoms in total. The first-order valence-electron chi connectivity index (χ1n) is 5.85. The summed E-state index contributed by atoms with van der Waals surface area (Å²) in [5.41, 5.74) is 8.04. The van der Waals surface area contributed by atoms with Crippen LogP contribution < -0.4 is 11.1 Å². The zero-order valence-electron chi connectivity index (χ0n) is 10.5. The van der Waals surface area contributed by atoms with Crippen molar-refractivity contribution in [3.8, 4) is 0 Å². The standard InChI is InChI=1S/C14H13Cl2N3O/c15-11-5-12(16)7-13(6-11)18-8-9-2-1-3-10(4-9)14(17)19-20/h1-7,18,20H,8H2,(H2,17,19). The highest BCUT2D eigenvalue weighted by atomic mass is 35.5. The zero-order valence-corrected chi connectivity index (χ0v) is 12.0. The number of hydrogen-bond donors (Lipinski definition) is 3. The molecule has 20 heavy (non-hydrogen) atoms. The van der Waals surface area contributed by atoms with E-state index in [0.29, 0.717) is 22.2 Å². The molecule has 6 heteroatoms. The van der Waals surface area contributed by atoms with Gasteiger partial charge in [-0.1, -0.05) is 46.6 Å². The van der Waals surface area contributed by atoms with Crippen molar-refractivity contribution in [3.05, 3.63) is 63.6 Å². The molecule has 0 atom stereocenters. The average molecular weight is 310 g/mol. The number of oxime groups is 1. The molecule has 2 rings (SSSR count). The quantitative estimate of drug-likeness (QED) is 0.349. The molecule has 104 valence electrons. The Labute approximate surface area is 126 Å². The van der Waals surface area contributed by atoms with Crippen molar-refractivity contribution >= 4 is 34.7 Å². The van der Waals surface area contributed by atoms with Crippen molar-refractivity contribution < 1.29 is 5.21 Å². The topological polar surface area (TPSA) is 70.6 Å². The van der Waals surface area contributed by atoms with Crippen LogP contribution in [0.4, 0.5) is 5.69 Å². The smallest absolute Gasteiger partial charge is 0.170 e. The normalized spacial score (nSPS) is 11.4. The molecule has 0 aliphatic carbocycles. The highest BCUT2D eigenvalue weighted by Crippen LogP contribution is 2.22. The number of amidine groups is 1. The first kappa shape index (κ1) is 14.5. The van der Waals surface area contributed by atoms with E-state index in [2.05, 4.69) is 10.5 Å². The minimum Gasteiger partial charge on any atom is -0.409 e. The van der Waals surface area contributed by atoms with E-state index in [1.165, 1.54) is 0 Å². The number of benzene rings is 2. The van der Waals surface area contributed by atoms with Gasteiger partial charge >= 0.3 is 0 Å². The van der Waals surface area contributed by atoms with Crippen LogP contribution in [0.2, 0.25) is 10.0 Å². The summed E-state index contributed by atoms with van der Waals surface area (Å²) < 4.78 is 0. The summed E-state index contributed by atoms with van der Waals surface area (Å²) in [7, 11) is 0. The summed E-state index contributed by atoms with van der Waals surface area (Å²) in [4.78, 5) is 0. The molecule has 0 radical (unpaired) electrons. The van der Waals surface area contributed by atoms with E-state index in [4.69, 9.17) is 34.1 Å². The summed E-state index contributed by atoms with van der Waals surface area (Å²) in [5.74, 6) is 0.0812. The lowest BCUT2D eigenvalue weighted by molar-refractivity contribution is 0.318. The minimum atomic E-state index is 0.0812. The third kappa shape index (κ3) is 3.79. The molecule has 0 aliphatic heterocycles. The molecule has 0 fully saturated rings. The summed E-state index contributed by atoms with van der Waals surface area (Å²) >= 11 is 11.9. The Balaban J connectivity index is 2.11. The molecule has 0 spiro atoms. The van der Waals surface area contributed by atoms with Crippen LogP contribution in [-0.4, -0.2) is 11.0 Å². The van der Waals surface area contributed by atoms with Gasteiger partial charge in [0.2, 0.25) is 0 Å². The van der Waals surface area contributed by atoms with Crippen LogP contribution in [-0.2, 0) is 6.54 Å². The van der Waals surface area contributed by atoms with Crippen LogP contribution in [0.25, 0.3) is 0 Å². The Morgan fingerprint density at radius 2 is 1.85 bits per heavy atom. The lowest BCUT2D eigenvalue weighted by Gasteiger charge is -2.09. The van der Waals surface area contributed by atoms with Gasteiger partial charge < -0.3 is 16.3 Å². The van der Waals surface area contributed by atoms with Crippen LogP contribution in [0.3, 0.4) is 0 Å². The van der Waals surface area contributed by atoms with E-state index in [-0.39, 0.29) is 5.84 Å². The number of nitrogens with one attached hydrogen (secondary N) is 1. The molecule has 0 saturated heterocycles. The molecule has 2 aromatic carbocycles. The van der Waals surface area contributed by atoms with E-state index in [1.807, 2.05) is 18.2 Å². The van der Waals surface area contributed by atoms with Crippen molar-refractivity contribution in [1.82, 2.24) is 0 Å². The van der Waals surface area contributed by atoms with Crippen molar-refractivity contribution in [1.29, 1.82) is 0 Å². The Kier molecular flexibility index (Phi) is 4.71. The van der Waals surface area contributed by atoms with Crippen molar-refractivity contribution in [2.24, 2.45) is 10.9 Å². The lowest BCUT2D eigenvalue weighted by Crippen LogP contribution is -2.13. The van der Waals surface area contributed by atoms with E-state index in [1.54, 1.807) is 24.3 Å². The van der Waals surface area contributed by atoms with Crippen LogP contribution in [0.15, 0.2) is 47.6 Å². The molecule has 4 N–H and O–H groups in total. The van der Waals surface area contributed by atoms with Gasteiger partial charge in [0, 0.05) is 27.8 Å². The number of nitrogens with two attached hydrogens (primary N) is 1. The summed E-state index contributed by atoms with van der Waals surface area (Å²) in [6, 6.07) is 12.7. The highest BCUT2D eigenvalue weighted by molar-refractivity contribution is 6.35. The molecule has 2 aromatic rings. The number of hydrogen-bond acceptors (Lipinski definition) is 3. The van der Waals surface area contributed by atoms with Gasteiger partial charge in [0.05, 0.1) is 0 Å². The van der Waals surface area contributed by atoms with Crippen LogP contribution in [0.1, 0.15) is 11.1 Å². The lowest BCUT2D eigenvalue weighted by atomic mass is 10.1. The maximum absolute atomic E-state index is 8.67. The Morgan fingerprint density at radius 1 is 1.15 bits per heavy atom. The Morgan fingerprint density at radius 3 is 2.50 bits per heavy atom. The Bertz CT molecular complexity index is 624. The van der Waals surface area contributed by atoms with Gasteiger partial charge in [-0.3, -0.25) is 0 Å². The molecule has 0 heterocycles. The molecule has 0 aromatic heterocycles. The summed E-state index contributed by atoms with van der Waals surface area (Å²) in [5, 5.41) is 16.0. The van der Waals surface area contributed by atoms with Crippen LogP contribution in [0.5, 0.6) is 0 Å². The van der Waals surface area contributed by atoms with Gasteiger partial charge in [-0.2, -0.15) is 0 Å². The number of anilines is 1. The van der Waals surface area contributed by atoms with Gasteiger partial charge in [0.15, 0.2) is 5.84 Å². The molecule has 0 amide bonds. The fraction of sp³-hybridized carbons (Fsp3) is 0.0714. The van der Waals surface area contributed by atoms with Crippen molar-refractivity contribution in [3.63, 3.8) is 0 Å². The predicted octanol–water partition coefficient (Wildman–Crippen LogP) is 3.70. The Hall–Kier alpha value is -1.91. The highest BCUT2D eigenvalue weighted by Gasteiger charge is 2.02. The molecule has 0 bridgehead atoms. The van der Waals surface area contributed by atoms with E-state index in [0.717, 1.165) is 11.3 Å². The minimum absolute atomic E-state index is 0.0812. The third-order valence-corrected chi connectivity index (χ3v) is 3.13. The maximum Gasteiger partial charge on any atom is 0.170 e. The fourth-order valence-electron chi connectivity index (χ4n) is 1.76. The van der Waals surface area contributed by atoms with Crippen LogP contribution in [0, 0.1) is 0 Å². The first-order chi connectivity index (χ1) is 9.58. The number of nitrogens with zero attached hydrogens (tertiary/aromatic N) is 1. The second-order valence-electron chi connectivity index (χ2n) is 4.20. The molecule has 0 unspecified atom stereocenters. The monoisotopic (exact) mass is 309 g/mol. The van der Waals surface area contributed by atoms with E-state index in [9.17, 15) is 0 Å². The second-order valence-corrected chi connectivity index (χ2v) is 5.07. The predicted molar refractivity (Wildman–Crippen MR) is 82.7 cm³/mol. The van der Waals surface area contributed by atoms with Crippen LogP contribution >= 0.6 is 23.2 Å². The molecule has 0 aliphatic rings. The molecular weight excluding hydrogens is 297 g/mol. The molecule has 0 saturated carbocycles. The number of rotatable bonds is 4. The fourth-order valence-corrected chi connectivity index (χ4v) is 2.28. The third-order valence-electron chi connectivity index (χ3n) is 2.69. The van der Waals surface area contributed by atoms with Gasteiger partial charge in [-0.15, -0.1) is 0 Å².